The molecule has 0 aliphatic rings. The van der Waals surface area contributed by atoms with Crippen LogP contribution in [0.1, 0.15) is 39.4 Å². The van der Waals surface area contributed by atoms with E-state index in [0.717, 1.165) is 0 Å². The molecule has 8 heteroatoms. The van der Waals surface area contributed by atoms with Gasteiger partial charge >= 0.3 is 12.1 Å². The van der Waals surface area contributed by atoms with E-state index in [1.165, 1.54) is 18.0 Å². The first-order chi connectivity index (χ1) is 9.23. The molecule has 1 amide bonds. The number of methoxy groups -OCH3 is 1. The Morgan fingerprint density at radius 3 is 2.65 bits per heavy atom. The number of ether oxygens (including phenoxy) is 2. The SMILES string of the molecule is COC(=O)Cn1nncc1[C@@H](C)NC(=O)OC(C)(C)C. The molecule has 112 valence electrons. The van der Waals surface area contributed by atoms with E-state index in [-0.39, 0.29) is 6.54 Å². The Labute approximate surface area is 117 Å². The van der Waals surface area contributed by atoms with Crippen LogP contribution in [0.15, 0.2) is 6.20 Å². The highest BCUT2D eigenvalue weighted by Crippen LogP contribution is 2.13. The Hall–Kier alpha value is -2.12. The van der Waals surface area contributed by atoms with Crippen LogP contribution in [0.4, 0.5) is 4.79 Å². The van der Waals surface area contributed by atoms with Crippen molar-refractivity contribution < 1.29 is 19.1 Å². The highest BCUT2D eigenvalue weighted by atomic mass is 16.6. The van der Waals surface area contributed by atoms with E-state index in [2.05, 4.69) is 20.4 Å². The summed E-state index contributed by atoms with van der Waals surface area (Å²) in [7, 11) is 1.29. The van der Waals surface area contributed by atoms with E-state index in [0.29, 0.717) is 5.69 Å². The van der Waals surface area contributed by atoms with Crippen molar-refractivity contribution in [2.24, 2.45) is 0 Å². The molecule has 0 aliphatic heterocycles. The quantitative estimate of drug-likeness (QED) is 0.830. The van der Waals surface area contributed by atoms with Gasteiger partial charge in [0.2, 0.25) is 0 Å². The number of alkyl carbamates (subject to hydrolysis) is 1. The Morgan fingerprint density at radius 1 is 1.45 bits per heavy atom. The maximum atomic E-state index is 11.7. The molecule has 0 spiro atoms. The van der Waals surface area contributed by atoms with Crippen molar-refractivity contribution in [1.82, 2.24) is 20.3 Å². The first-order valence-electron chi connectivity index (χ1n) is 6.17. The number of hydrogen-bond donors (Lipinski definition) is 1. The molecule has 1 rings (SSSR count). The van der Waals surface area contributed by atoms with Crippen molar-refractivity contribution in [3.8, 4) is 0 Å². The number of hydrogen-bond acceptors (Lipinski definition) is 6. The summed E-state index contributed by atoms with van der Waals surface area (Å²) in [5.74, 6) is -0.443. The third-order valence-electron chi connectivity index (χ3n) is 2.33. The van der Waals surface area contributed by atoms with Gasteiger partial charge in [0.1, 0.15) is 12.1 Å². The number of aromatic nitrogens is 3. The van der Waals surface area contributed by atoms with Gasteiger partial charge < -0.3 is 14.8 Å². The van der Waals surface area contributed by atoms with Crippen molar-refractivity contribution in [1.29, 1.82) is 0 Å². The summed E-state index contributed by atoms with van der Waals surface area (Å²) in [6, 6.07) is -0.399. The van der Waals surface area contributed by atoms with Gasteiger partial charge in [-0.05, 0) is 27.7 Å². The van der Waals surface area contributed by atoms with Gasteiger partial charge in [0.25, 0.3) is 0 Å². The second-order valence-electron chi connectivity index (χ2n) is 5.26. The molecule has 1 aromatic heterocycles. The fourth-order valence-electron chi connectivity index (χ4n) is 1.47. The summed E-state index contributed by atoms with van der Waals surface area (Å²) in [4.78, 5) is 22.9. The fourth-order valence-corrected chi connectivity index (χ4v) is 1.47. The normalized spacial score (nSPS) is 12.7. The monoisotopic (exact) mass is 284 g/mol. The topological polar surface area (TPSA) is 95.3 Å². The molecule has 8 nitrogen and oxygen atoms in total. The smallest absolute Gasteiger partial charge is 0.408 e. The zero-order chi connectivity index (χ0) is 15.3. The van der Waals surface area contributed by atoms with Crippen LogP contribution in [0.25, 0.3) is 0 Å². The van der Waals surface area contributed by atoms with Crippen LogP contribution in [-0.4, -0.2) is 39.8 Å². The number of carbonyl (C=O) groups is 2. The van der Waals surface area contributed by atoms with Crippen LogP contribution in [0.3, 0.4) is 0 Å². The molecule has 0 bridgehead atoms. The number of amides is 1. The zero-order valence-corrected chi connectivity index (χ0v) is 12.3. The van der Waals surface area contributed by atoms with Crippen molar-refractivity contribution in [3.63, 3.8) is 0 Å². The van der Waals surface area contributed by atoms with Gasteiger partial charge in [-0.2, -0.15) is 0 Å². The third kappa shape index (κ3) is 4.87. The van der Waals surface area contributed by atoms with Gasteiger partial charge in [0.05, 0.1) is 25.0 Å². The highest BCUT2D eigenvalue weighted by Gasteiger charge is 2.21. The molecule has 1 heterocycles. The maximum Gasteiger partial charge on any atom is 0.408 e. The molecule has 1 N–H and O–H groups in total. The van der Waals surface area contributed by atoms with Gasteiger partial charge in [-0.3, -0.25) is 4.79 Å². The molecule has 0 radical (unpaired) electrons. The molecule has 1 atom stereocenters. The Kier molecular flexibility index (Phi) is 5.06. The molecule has 0 aliphatic carbocycles. The molecular weight excluding hydrogens is 264 g/mol. The summed E-state index contributed by atoms with van der Waals surface area (Å²) >= 11 is 0. The number of rotatable bonds is 4. The predicted molar refractivity (Wildman–Crippen MR) is 69.8 cm³/mol. The number of nitrogens with zero attached hydrogens (tertiary/aromatic N) is 3. The van der Waals surface area contributed by atoms with Gasteiger partial charge in [-0.15, -0.1) is 5.10 Å². The second kappa shape index (κ2) is 6.36. The number of nitrogens with one attached hydrogen (secondary N) is 1. The summed E-state index contributed by atoms with van der Waals surface area (Å²) < 4.78 is 11.1. The molecule has 20 heavy (non-hydrogen) atoms. The van der Waals surface area contributed by atoms with E-state index >= 15 is 0 Å². The molecule has 0 fully saturated rings. The lowest BCUT2D eigenvalue weighted by atomic mass is 10.2. The largest absolute Gasteiger partial charge is 0.468 e. The lowest BCUT2D eigenvalue weighted by Gasteiger charge is -2.22. The second-order valence-corrected chi connectivity index (χ2v) is 5.26. The fraction of sp³-hybridized carbons (Fsp3) is 0.667. The van der Waals surface area contributed by atoms with Crippen molar-refractivity contribution in [3.05, 3.63) is 11.9 Å². The van der Waals surface area contributed by atoms with Crippen LogP contribution in [0, 0.1) is 0 Å². The molecule has 1 aromatic rings. The van der Waals surface area contributed by atoms with Crippen LogP contribution < -0.4 is 5.32 Å². The standard InChI is InChI=1S/C12H20N4O4/c1-8(14-11(18)20-12(2,3)4)9-6-13-15-16(9)7-10(17)19-5/h6,8H,7H2,1-5H3,(H,14,18)/t8-/m1/s1. The van der Waals surface area contributed by atoms with Crippen LogP contribution >= 0.6 is 0 Å². The predicted octanol–water partition coefficient (Wildman–Crippen LogP) is 1.04. The van der Waals surface area contributed by atoms with Crippen LogP contribution in [0.5, 0.6) is 0 Å². The van der Waals surface area contributed by atoms with Gasteiger partial charge in [0, 0.05) is 0 Å². The summed E-state index contributed by atoms with van der Waals surface area (Å²) in [5.41, 5.74) is 0.00941. The number of esters is 1. The average Bonchev–Trinajstić information content (AvgIpc) is 2.74. The molecular formula is C12H20N4O4. The molecule has 0 saturated heterocycles. The van der Waals surface area contributed by atoms with Crippen LogP contribution in [-0.2, 0) is 20.8 Å². The van der Waals surface area contributed by atoms with E-state index < -0.39 is 23.7 Å². The Morgan fingerprint density at radius 2 is 2.10 bits per heavy atom. The van der Waals surface area contributed by atoms with Gasteiger partial charge in [-0.1, -0.05) is 5.21 Å². The van der Waals surface area contributed by atoms with Gasteiger partial charge in [-0.25, -0.2) is 9.48 Å². The Bertz CT molecular complexity index is 478. The molecule has 0 aromatic carbocycles. The summed E-state index contributed by atoms with van der Waals surface area (Å²) in [6.07, 6.45) is 0.932. The van der Waals surface area contributed by atoms with Crippen molar-refractivity contribution in [2.45, 2.75) is 45.9 Å². The van der Waals surface area contributed by atoms with Crippen molar-refractivity contribution in [2.75, 3.05) is 7.11 Å². The van der Waals surface area contributed by atoms with Crippen LogP contribution in [0.2, 0.25) is 0 Å². The van der Waals surface area contributed by atoms with E-state index in [9.17, 15) is 9.59 Å². The minimum absolute atomic E-state index is 0.0633. The third-order valence-corrected chi connectivity index (χ3v) is 2.33. The maximum absolute atomic E-state index is 11.7. The minimum Gasteiger partial charge on any atom is -0.468 e. The molecule has 0 saturated carbocycles. The minimum atomic E-state index is -0.575. The zero-order valence-electron chi connectivity index (χ0n) is 12.3. The lowest BCUT2D eigenvalue weighted by Crippen LogP contribution is -2.35. The highest BCUT2D eigenvalue weighted by molar-refractivity contribution is 5.69. The van der Waals surface area contributed by atoms with Gasteiger partial charge in [0.15, 0.2) is 0 Å². The van der Waals surface area contributed by atoms with E-state index in [1.807, 2.05) is 0 Å². The first-order valence-corrected chi connectivity index (χ1v) is 6.17. The van der Waals surface area contributed by atoms with E-state index in [4.69, 9.17) is 4.74 Å². The summed E-state index contributed by atoms with van der Waals surface area (Å²) in [6.45, 7) is 7.02. The molecule has 0 unspecified atom stereocenters. The van der Waals surface area contributed by atoms with Crippen molar-refractivity contribution >= 4 is 12.1 Å². The Balaban J connectivity index is 2.68. The van der Waals surface area contributed by atoms with E-state index in [1.54, 1.807) is 27.7 Å². The summed E-state index contributed by atoms with van der Waals surface area (Å²) in [5, 5.41) is 10.2. The number of carbonyl (C=O) groups excluding carboxylic acids is 2. The first kappa shape index (κ1) is 15.9. The lowest BCUT2D eigenvalue weighted by molar-refractivity contribution is -0.141. The average molecular weight is 284 g/mol.